The largest absolute Gasteiger partial charge is 0.497 e. The van der Waals surface area contributed by atoms with Gasteiger partial charge >= 0.3 is 6.03 Å². The number of hydrogen-bond donors (Lipinski definition) is 2. The maximum absolute atomic E-state index is 14.2. The molecule has 10 nitrogen and oxygen atoms in total. The average Bonchev–Trinajstić information content (AvgIpc) is 3.50. The molecule has 38 heavy (non-hydrogen) atoms. The Labute approximate surface area is 227 Å². The number of thiophene rings is 1. The summed E-state index contributed by atoms with van der Waals surface area (Å²) in [7, 11) is 1.49. The van der Waals surface area contributed by atoms with Crippen LogP contribution in [-0.4, -0.2) is 47.2 Å². The van der Waals surface area contributed by atoms with Gasteiger partial charge in [0.15, 0.2) is 5.78 Å². The van der Waals surface area contributed by atoms with Gasteiger partial charge < -0.3 is 20.7 Å². The van der Waals surface area contributed by atoms with Crippen molar-refractivity contribution in [1.29, 1.82) is 0 Å². The molecule has 0 saturated carbocycles. The molecule has 3 aromatic rings. The normalized spacial score (nSPS) is 20.7. The van der Waals surface area contributed by atoms with Crippen LogP contribution in [0.3, 0.4) is 0 Å². The van der Waals surface area contributed by atoms with Gasteiger partial charge in [-0.05, 0) is 42.3 Å². The number of ether oxygens (including phenoxy) is 1. The summed E-state index contributed by atoms with van der Waals surface area (Å²) in [5.74, 6) is -2.62. The highest BCUT2D eigenvalue weighted by molar-refractivity contribution is 7.18. The molecule has 198 valence electrons. The molecule has 2 heterocycles. The lowest BCUT2D eigenvalue weighted by atomic mass is 9.77. The van der Waals surface area contributed by atoms with E-state index < -0.39 is 40.8 Å². The molecule has 0 aliphatic carbocycles. The van der Waals surface area contributed by atoms with Crippen molar-refractivity contribution < 1.29 is 24.0 Å². The summed E-state index contributed by atoms with van der Waals surface area (Å²) in [5, 5.41) is 14.3. The Kier molecular flexibility index (Phi) is 7.98. The number of rotatable bonds is 8. The van der Waals surface area contributed by atoms with Gasteiger partial charge in [0.05, 0.1) is 33.2 Å². The van der Waals surface area contributed by atoms with Gasteiger partial charge in [-0.15, -0.1) is 11.3 Å². The number of nitrogens with one attached hydrogen (secondary N) is 1. The number of carbonyl (C=O) groups is 3. The van der Waals surface area contributed by atoms with Gasteiger partial charge in [-0.1, -0.05) is 35.9 Å². The van der Waals surface area contributed by atoms with Crippen molar-refractivity contribution in [2.75, 3.05) is 13.7 Å². The van der Waals surface area contributed by atoms with Crippen LogP contribution in [0.2, 0.25) is 4.34 Å². The molecule has 0 spiro atoms. The van der Waals surface area contributed by atoms with E-state index in [1.54, 1.807) is 49.4 Å². The lowest BCUT2D eigenvalue weighted by molar-refractivity contribution is -0.385. The van der Waals surface area contributed by atoms with Crippen molar-refractivity contribution in [2.45, 2.75) is 24.9 Å². The predicted octanol–water partition coefficient (Wildman–Crippen LogP) is 4.54. The number of halogens is 1. The number of hydrogen-bond acceptors (Lipinski definition) is 7. The molecule has 1 aromatic heterocycles. The third-order valence-electron chi connectivity index (χ3n) is 6.54. The van der Waals surface area contributed by atoms with E-state index in [1.165, 1.54) is 30.2 Å². The van der Waals surface area contributed by atoms with Crippen LogP contribution in [0.15, 0.2) is 60.7 Å². The average molecular weight is 557 g/mol. The number of nitro benzene ring substituents is 1. The van der Waals surface area contributed by atoms with Crippen molar-refractivity contribution in [3.63, 3.8) is 0 Å². The van der Waals surface area contributed by atoms with Gasteiger partial charge in [-0.25, -0.2) is 4.79 Å². The summed E-state index contributed by atoms with van der Waals surface area (Å²) < 4.78 is 5.77. The molecule has 1 aliphatic heterocycles. The van der Waals surface area contributed by atoms with E-state index in [-0.39, 0.29) is 18.0 Å². The van der Waals surface area contributed by atoms with Crippen molar-refractivity contribution in [3.8, 4) is 5.75 Å². The lowest BCUT2D eigenvalue weighted by Crippen LogP contribution is -2.50. The number of primary amides is 1. The zero-order chi connectivity index (χ0) is 27.6. The Hall–Kier alpha value is -3.96. The number of nitro groups is 1. The van der Waals surface area contributed by atoms with Crippen LogP contribution in [0.5, 0.6) is 5.75 Å². The number of urea groups is 1. The lowest BCUT2D eigenvalue weighted by Gasteiger charge is -2.30. The highest BCUT2D eigenvalue weighted by atomic mass is 35.5. The maximum atomic E-state index is 14.2. The molecular weight excluding hydrogens is 532 g/mol. The van der Waals surface area contributed by atoms with Crippen molar-refractivity contribution in [2.24, 2.45) is 11.7 Å². The fourth-order valence-corrected chi connectivity index (χ4v) is 6.10. The first-order valence-electron chi connectivity index (χ1n) is 11.7. The van der Waals surface area contributed by atoms with Crippen molar-refractivity contribution in [3.05, 3.63) is 91.1 Å². The van der Waals surface area contributed by atoms with Crippen LogP contribution < -0.4 is 15.8 Å². The van der Waals surface area contributed by atoms with E-state index in [0.29, 0.717) is 26.1 Å². The molecule has 1 saturated heterocycles. The number of carbonyl (C=O) groups excluding carboxylic acids is 3. The van der Waals surface area contributed by atoms with E-state index in [4.69, 9.17) is 22.1 Å². The molecule has 0 bridgehead atoms. The minimum Gasteiger partial charge on any atom is -0.497 e. The van der Waals surface area contributed by atoms with Crippen molar-refractivity contribution in [1.82, 2.24) is 10.2 Å². The Balaban J connectivity index is 2.02. The minimum absolute atomic E-state index is 0.218. The Bertz CT molecular complexity index is 1400. The van der Waals surface area contributed by atoms with E-state index in [0.717, 1.165) is 11.3 Å². The monoisotopic (exact) mass is 556 g/mol. The van der Waals surface area contributed by atoms with E-state index in [9.17, 15) is 24.5 Å². The summed E-state index contributed by atoms with van der Waals surface area (Å²) in [5.41, 5.74) is 6.57. The molecule has 1 fully saturated rings. The molecule has 4 atom stereocenters. The van der Waals surface area contributed by atoms with Gasteiger partial charge in [0.2, 0.25) is 5.91 Å². The number of non-ortho nitro benzene ring substituents is 1. The van der Waals surface area contributed by atoms with Crippen LogP contribution >= 0.6 is 22.9 Å². The fourth-order valence-electron chi connectivity index (χ4n) is 5.07. The molecular formula is C26H25ClN4O6S. The number of Topliss-reactive ketones (excluding diaryl/α,β-unsaturated/α-hetero) is 1. The summed E-state index contributed by atoms with van der Waals surface area (Å²) in [6.45, 7) is 1.96. The first kappa shape index (κ1) is 27.1. The Morgan fingerprint density at radius 2 is 1.84 bits per heavy atom. The number of nitrogens with zero attached hydrogens (tertiary/aromatic N) is 2. The van der Waals surface area contributed by atoms with Crippen molar-refractivity contribution >= 4 is 46.3 Å². The van der Waals surface area contributed by atoms with Crippen LogP contribution in [0.4, 0.5) is 10.5 Å². The predicted molar refractivity (Wildman–Crippen MR) is 143 cm³/mol. The molecule has 4 rings (SSSR count). The maximum Gasteiger partial charge on any atom is 0.318 e. The molecule has 4 unspecified atom stereocenters. The summed E-state index contributed by atoms with van der Waals surface area (Å²) >= 11 is 7.21. The standard InChI is InChI=1S/C26H25ClN4O6S/c1-3-29-26(34)30-22(15-7-4-8-16(12-15)31(35)36)21(24(32)18-10-11-19(27)38-18)20(23(30)25(28)33)14-6-5-9-17(13-14)37-2/h4-13,20-23H,3H2,1-2H3,(H2,28,33)(H,29,34). The quantitative estimate of drug-likeness (QED) is 0.237. The molecule has 0 radical (unpaired) electrons. The smallest absolute Gasteiger partial charge is 0.318 e. The minimum atomic E-state index is -1.25. The number of likely N-dealkylation sites (tertiary alicyclic amines) is 1. The number of ketones is 1. The van der Waals surface area contributed by atoms with Crippen LogP contribution in [0, 0.1) is 16.0 Å². The zero-order valence-corrected chi connectivity index (χ0v) is 22.1. The summed E-state index contributed by atoms with van der Waals surface area (Å²) in [6, 6.07) is 12.8. The Morgan fingerprint density at radius 1 is 1.13 bits per heavy atom. The summed E-state index contributed by atoms with van der Waals surface area (Å²) in [4.78, 5) is 53.3. The highest BCUT2D eigenvalue weighted by Crippen LogP contribution is 2.52. The number of benzene rings is 2. The molecule has 1 aliphatic rings. The number of nitrogens with two attached hydrogens (primary N) is 1. The second-order valence-corrected chi connectivity index (χ2v) is 10.4. The van der Waals surface area contributed by atoms with Crippen LogP contribution in [0.1, 0.15) is 39.7 Å². The number of methoxy groups -OCH3 is 1. The number of amides is 3. The molecule has 3 N–H and O–H groups in total. The highest BCUT2D eigenvalue weighted by Gasteiger charge is 2.57. The SMILES string of the molecule is CCNC(=O)N1C(C(N)=O)C(c2cccc(OC)c2)C(C(=O)c2ccc(Cl)s2)C1c1cccc([N+](=O)[O-])c1. The Morgan fingerprint density at radius 3 is 2.45 bits per heavy atom. The van der Waals surface area contributed by atoms with E-state index in [1.807, 2.05) is 0 Å². The van der Waals surface area contributed by atoms with Crippen LogP contribution in [-0.2, 0) is 4.79 Å². The first-order valence-corrected chi connectivity index (χ1v) is 12.9. The molecule has 2 aromatic carbocycles. The van der Waals surface area contributed by atoms with E-state index in [2.05, 4.69) is 5.32 Å². The van der Waals surface area contributed by atoms with Gasteiger partial charge in [0.1, 0.15) is 11.8 Å². The van der Waals surface area contributed by atoms with Crippen LogP contribution in [0.25, 0.3) is 0 Å². The third-order valence-corrected chi connectivity index (χ3v) is 7.79. The fraction of sp³-hybridized carbons (Fsp3) is 0.269. The third kappa shape index (κ3) is 5.07. The van der Waals surface area contributed by atoms with E-state index >= 15 is 0 Å². The zero-order valence-electron chi connectivity index (χ0n) is 20.5. The molecule has 12 heteroatoms. The van der Waals surface area contributed by atoms with Gasteiger partial charge in [-0.2, -0.15) is 0 Å². The van der Waals surface area contributed by atoms with Gasteiger partial charge in [0, 0.05) is 24.6 Å². The topological polar surface area (TPSA) is 145 Å². The van der Waals surface area contributed by atoms with Gasteiger partial charge in [0.25, 0.3) is 5.69 Å². The molecule has 3 amide bonds. The second-order valence-electron chi connectivity index (χ2n) is 8.68. The van der Waals surface area contributed by atoms with Gasteiger partial charge in [-0.3, -0.25) is 19.7 Å². The second kappa shape index (κ2) is 11.2. The summed E-state index contributed by atoms with van der Waals surface area (Å²) in [6.07, 6.45) is 0. The first-order chi connectivity index (χ1) is 18.2.